The molecule has 1 aromatic rings. The Balaban J connectivity index is 2.34. The zero-order valence-corrected chi connectivity index (χ0v) is 8.10. The van der Waals surface area contributed by atoms with Gasteiger partial charge in [0, 0.05) is 5.75 Å². The predicted molar refractivity (Wildman–Crippen MR) is 52.1 cm³/mol. The monoisotopic (exact) mass is 203 g/mol. The second-order valence-electron chi connectivity index (χ2n) is 1.76. The summed E-state index contributed by atoms with van der Waals surface area (Å²) in [6, 6.07) is 0. The van der Waals surface area contributed by atoms with Gasteiger partial charge in [-0.25, -0.2) is 4.98 Å². The molecular weight excluding hydrogens is 198 g/mol. The van der Waals surface area contributed by atoms with Crippen molar-refractivity contribution in [2.45, 2.75) is 5.75 Å². The van der Waals surface area contributed by atoms with Crippen LogP contribution in [0.15, 0.2) is 6.20 Å². The maximum absolute atomic E-state index is 5.68. The van der Waals surface area contributed by atoms with Crippen LogP contribution in [0.3, 0.4) is 0 Å². The molecule has 0 aromatic carbocycles. The van der Waals surface area contributed by atoms with Crippen molar-refractivity contribution in [3.8, 4) is 12.3 Å². The van der Waals surface area contributed by atoms with Crippen LogP contribution in [0.25, 0.3) is 0 Å². The Labute approximate surface area is 79.2 Å². The van der Waals surface area contributed by atoms with Crippen LogP contribution in [0.1, 0.15) is 5.01 Å². The van der Waals surface area contributed by atoms with E-state index >= 15 is 0 Å². The standard InChI is InChI=1S/C7H6ClNS2/c1-2-3-10-5-7-9-4-6(8)11-7/h1,4H,3,5H2. The van der Waals surface area contributed by atoms with Crippen molar-refractivity contribution in [3.63, 3.8) is 0 Å². The van der Waals surface area contributed by atoms with Crippen molar-refractivity contribution in [1.29, 1.82) is 0 Å². The van der Waals surface area contributed by atoms with E-state index in [-0.39, 0.29) is 0 Å². The molecule has 11 heavy (non-hydrogen) atoms. The number of aromatic nitrogens is 1. The van der Waals surface area contributed by atoms with Crippen molar-refractivity contribution >= 4 is 34.7 Å². The topological polar surface area (TPSA) is 12.9 Å². The first-order valence-corrected chi connectivity index (χ1v) is 5.29. The number of halogens is 1. The number of hydrogen-bond donors (Lipinski definition) is 0. The molecule has 0 fully saturated rings. The summed E-state index contributed by atoms with van der Waals surface area (Å²) in [5.41, 5.74) is 0. The Bertz CT molecular complexity index is 264. The molecule has 0 atom stereocenters. The van der Waals surface area contributed by atoms with Gasteiger partial charge in [0.25, 0.3) is 0 Å². The van der Waals surface area contributed by atoms with Crippen molar-refractivity contribution in [3.05, 3.63) is 15.5 Å². The fourth-order valence-electron chi connectivity index (χ4n) is 0.552. The minimum Gasteiger partial charge on any atom is -0.247 e. The molecular formula is C7H6ClNS2. The molecule has 0 saturated carbocycles. The molecule has 0 amide bonds. The van der Waals surface area contributed by atoms with Crippen molar-refractivity contribution in [1.82, 2.24) is 4.98 Å². The molecule has 4 heteroatoms. The van der Waals surface area contributed by atoms with E-state index in [1.165, 1.54) is 11.3 Å². The van der Waals surface area contributed by atoms with Crippen LogP contribution in [-0.4, -0.2) is 10.7 Å². The summed E-state index contributed by atoms with van der Waals surface area (Å²) < 4.78 is 0.737. The molecule has 0 radical (unpaired) electrons. The van der Waals surface area contributed by atoms with E-state index < -0.39 is 0 Å². The van der Waals surface area contributed by atoms with Gasteiger partial charge in [-0.05, 0) is 0 Å². The molecule has 1 aromatic heterocycles. The molecule has 0 N–H and O–H groups in total. The van der Waals surface area contributed by atoms with Crippen LogP contribution in [0, 0.1) is 12.3 Å². The summed E-state index contributed by atoms with van der Waals surface area (Å²) in [6.45, 7) is 0. The second-order valence-corrected chi connectivity index (χ2v) is 4.49. The Hall–Kier alpha value is -0.170. The third kappa shape index (κ3) is 3.15. The molecule has 0 aliphatic rings. The normalized spacial score (nSPS) is 9.45. The Morgan fingerprint density at radius 1 is 1.82 bits per heavy atom. The summed E-state index contributed by atoms with van der Waals surface area (Å²) in [7, 11) is 0. The van der Waals surface area contributed by atoms with E-state index in [0.717, 1.165) is 20.8 Å². The highest BCUT2D eigenvalue weighted by atomic mass is 35.5. The maximum Gasteiger partial charge on any atom is 0.113 e. The lowest BCUT2D eigenvalue weighted by atomic mass is 10.8. The van der Waals surface area contributed by atoms with Gasteiger partial charge in [0.15, 0.2) is 0 Å². The zero-order chi connectivity index (χ0) is 8.10. The van der Waals surface area contributed by atoms with Crippen LogP contribution in [0.5, 0.6) is 0 Å². The predicted octanol–water partition coefficient (Wildman–Crippen LogP) is 2.66. The number of thiazole rings is 1. The molecule has 58 valence electrons. The van der Waals surface area contributed by atoms with Crippen LogP contribution < -0.4 is 0 Å². The third-order valence-electron chi connectivity index (χ3n) is 0.936. The first-order valence-electron chi connectivity index (χ1n) is 2.94. The minimum atomic E-state index is 0.733. The van der Waals surface area contributed by atoms with E-state index in [0.29, 0.717) is 0 Å². The fourth-order valence-corrected chi connectivity index (χ4v) is 2.26. The lowest BCUT2D eigenvalue weighted by Gasteiger charge is -1.89. The maximum atomic E-state index is 5.68. The van der Waals surface area contributed by atoms with Gasteiger partial charge >= 0.3 is 0 Å². The van der Waals surface area contributed by atoms with Gasteiger partial charge in [-0.3, -0.25) is 0 Å². The SMILES string of the molecule is C#CCSCc1ncc(Cl)s1. The van der Waals surface area contributed by atoms with Gasteiger partial charge < -0.3 is 0 Å². The van der Waals surface area contributed by atoms with E-state index in [4.69, 9.17) is 18.0 Å². The van der Waals surface area contributed by atoms with Gasteiger partial charge in [0.1, 0.15) is 9.34 Å². The van der Waals surface area contributed by atoms with Crippen LogP contribution in [0.4, 0.5) is 0 Å². The zero-order valence-electron chi connectivity index (χ0n) is 5.71. The van der Waals surface area contributed by atoms with Gasteiger partial charge in [-0.15, -0.1) is 29.5 Å². The Morgan fingerprint density at radius 2 is 2.64 bits per heavy atom. The molecule has 0 aliphatic heterocycles. The lowest BCUT2D eigenvalue weighted by molar-refractivity contribution is 1.27. The van der Waals surface area contributed by atoms with Crippen molar-refractivity contribution in [2.24, 2.45) is 0 Å². The summed E-state index contributed by atoms with van der Waals surface area (Å²) >= 11 is 8.86. The highest BCUT2D eigenvalue weighted by molar-refractivity contribution is 7.98. The molecule has 0 saturated heterocycles. The molecule has 0 bridgehead atoms. The van der Waals surface area contributed by atoms with E-state index in [9.17, 15) is 0 Å². The number of nitrogens with zero attached hydrogens (tertiary/aromatic N) is 1. The molecule has 1 nitrogen and oxygen atoms in total. The average Bonchev–Trinajstić information content (AvgIpc) is 2.37. The fraction of sp³-hybridized carbons (Fsp3) is 0.286. The summed E-state index contributed by atoms with van der Waals surface area (Å²) in [5.74, 6) is 4.15. The Morgan fingerprint density at radius 3 is 3.18 bits per heavy atom. The largest absolute Gasteiger partial charge is 0.247 e. The molecule has 1 rings (SSSR count). The lowest BCUT2D eigenvalue weighted by Crippen LogP contribution is -1.77. The molecule has 0 unspecified atom stereocenters. The highest BCUT2D eigenvalue weighted by Gasteiger charge is 1.97. The number of thioether (sulfide) groups is 1. The summed E-state index contributed by atoms with van der Waals surface area (Å²) in [4.78, 5) is 4.08. The van der Waals surface area contributed by atoms with Crippen LogP contribution in [0.2, 0.25) is 4.34 Å². The summed E-state index contributed by atoms with van der Waals surface area (Å²) in [6.07, 6.45) is 6.75. The van der Waals surface area contributed by atoms with Crippen molar-refractivity contribution in [2.75, 3.05) is 5.75 Å². The average molecular weight is 204 g/mol. The first kappa shape index (κ1) is 8.92. The molecule has 0 spiro atoms. The summed E-state index contributed by atoms with van der Waals surface area (Å²) in [5, 5.41) is 1.04. The first-order chi connectivity index (χ1) is 5.33. The van der Waals surface area contributed by atoms with E-state index in [1.54, 1.807) is 18.0 Å². The molecule has 0 aliphatic carbocycles. The van der Waals surface area contributed by atoms with Crippen LogP contribution >= 0.6 is 34.7 Å². The minimum absolute atomic E-state index is 0.733. The van der Waals surface area contributed by atoms with Gasteiger partial charge in [-0.1, -0.05) is 17.5 Å². The van der Waals surface area contributed by atoms with Gasteiger partial charge in [-0.2, -0.15) is 0 Å². The second kappa shape index (κ2) is 4.66. The Kier molecular flexibility index (Phi) is 3.78. The van der Waals surface area contributed by atoms with E-state index in [2.05, 4.69) is 10.9 Å². The number of rotatable bonds is 3. The van der Waals surface area contributed by atoms with Crippen LogP contribution in [-0.2, 0) is 5.75 Å². The number of hydrogen-bond acceptors (Lipinski definition) is 3. The van der Waals surface area contributed by atoms with E-state index in [1.807, 2.05) is 0 Å². The number of terminal acetylenes is 1. The molecule has 1 heterocycles. The smallest absolute Gasteiger partial charge is 0.113 e. The quantitative estimate of drug-likeness (QED) is 0.554. The van der Waals surface area contributed by atoms with Crippen molar-refractivity contribution < 1.29 is 0 Å². The highest BCUT2D eigenvalue weighted by Crippen LogP contribution is 2.21. The third-order valence-corrected chi connectivity index (χ3v) is 3.08. The van der Waals surface area contributed by atoms with Gasteiger partial charge in [0.05, 0.1) is 11.9 Å². The van der Waals surface area contributed by atoms with Gasteiger partial charge in [0.2, 0.25) is 0 Å².